The van der Waals surface area contributed by atoms with Crippen molar-refractivity contribution >= 4 is 5.70 Å². The molecule has 118 valence electrons. The molecule has 0 N–H and O–H groups in total. The van der Waals surface area contributed by atoms with Crippen molar-refractivity contribution in [2.75, 3.05) is 13.2 Å². The van der Waals surface area contributed by atoms with E-state index in [1.165, 1.54) is 4.90 Å². The molecule has 1 aliphatic rings. The number of hydrogen-bond acceptors (Lipinski definition) is 2. The number of allylic oxidation sites excluding steroid dienone is 3. The van der Waals surface area contributed by atoms with Crippen LogP contribution in [0, 0.1) is 12.3 Å². The summed E-state index contributed by atoms with van der Waals surface area (Å²) in [5, 5.41) is 0. The zero-order valence-corrected chi connectivity index (χ0v) is 12.6. The van der Waals surface area contributed by atoms with Gasteiger partial charge in [-0.3, -0.25) is 0 Å². The topological polar surface area (TPSA) is 12.5 Å². The van der Waals surface area contributed by atoms with E-state index >= 15 is 0 Å². The highest BCUT2D eigenvalue weighted by Crippen LogP contribution is 2.31. The Bertz CT molecular complexity index is 693. The zero-order valence-electron chi connectivity index (χ0n) is 12.6. The van der Waals surface area contributed by atoms with Crippen LogP contribution in [0.3, 0.4) is 0 Å². The van der Waals surface area contributed by atoms with Crippen LogP contribution >= 0.6 is 0 Å². The molecule has 0 spiro atoms. The lowest BCUT2D eigenvalue weighted by atomic mass is 10.0. The van der Waals surface area contributed by atoms with Crippen LogP contribution in [-0.2, 0) is 0 Å². The number of hydrogen-bond donors (Lipinski definition) is 0. The number of alkyl halides is 2. The molecule has 0 saturated carbocycles. The lowest BCUT2D eigenvalue weighted by molar-refractivity contribution is 0.123. The van der Waals surface area contributed by atoms with Crippen LogP contribution in [-0.4, -0.2) is 24.5 Å². The summed E-state index contributed by atoms with van der Waals surface area (Å²) >= 11 is 0. The monoisotopic (exact) mass is 313 g/mol. The number of nitrogens with zero attached hydrogens (tertiary/aromatic N) is 1. The number of halogens is 2. The molecule has 1 aromatic carbocycles. The van der Waals surface area contributed by atoms with E-state index in [4.69, 9.17) is 11.2 Å². The Labute approximate surface area is 135 Å². The molecule has 0 aromatic heterocycles. The Morgan fingerprint density at radius 2 is 1.96 bits per heavy atom. The Morgan fingerprint density at radius 3 is 2.52 bits per heavy atom. The highest BCUT2D eigenvalue weighted by Gasteiger charge is 2.23. The summed E-state index contributed by atoms with van der Waals surface area (Å²) in [6.07, 6.45) is 7.98. The molecule has 0 radical (unpaired) electrons. The number of benzene rings is 1. The maximum atomic E-state index is 12.9. The van der Waals surface area contributed by atoms with Gasteiger partial charge in [-0.2, -0.15) is 0 Å². The van der Waals surface area contributed by atoms with Crippen molar-refractivity contribution in [1.82, 2.24) is 4.90 Å². The third-order valence-electron chi connectivity index (χ3n) is 3.33. The molecule has 0 fully saturated rings. The fourth-order valence-electron chi connectivity index (χ4n) is 2.25. The van der Waals surface area contributed by atoms with Gasteiger partial charge in [0.1, 0.15) is 12.4 Å². The average Bonchev–Trinajstić information content (AvgIpc) is 2.55. The minimum Gasteiger partial charge on any atom is -0.490 e. The van der Waals surface area contributed by atoms with E-state index in [1.807, 2.05) is 12.1 Å². The van der Waals surface area contributed by atoms with Crippen molar-refractivity contribution in [3.8, 4) is 18.1 Å². The summed E-state index contributed by atoms with van der Waals surface area (Å²) < 4.78 is 31.2. The van der Waals surface area contributed by atoms with Crippen molar-refractivity contribution in [3.63, 3.8) is 0 Å². The molecule has 0 amide bonds. The van der Waals surface area contributed by atoms with Gasteiger partial charge >= 0.3 is 0 Å². The minimum atomic E-state index is -2.50. The number of ether oxygens (including phenoxy) is 1. The molecule has 4 heteroatoms. The van der Waals surface area contributed by atoms with E-state index in [-0.39, 0.29) is 0 Å². The van der Waals surface area contributed by atoms with Gasteiger partial charge in [0.15, 0.2) is 0 Å². The van der Waals surface area contributed by atoms with Gasteiger partial charge in [0, 0.05) is 17.0 Å². The Kier molecular flexibility index (Phi) is 5.37. The SMILES string of the molecule is C#CC1=CC=C(c2ccc(OCC=C)cc2)N(CC(F)F)C1=C. The lowest BCUT2D eigenvalue weighted by Gasteiger charge is -2.31. The van der Waals surface area contributed by atoms with Crippen molar-refractivity contribution in [2.45, 2.75) is 6.43 Å². The molecular weight excluding hydrogens is 296 g/mol. The van der Waals surface area contributed by atoms with E-state index in [9.17, 15) is 8.78 Å². The first-order valence-electron chi connectivity index (χ1n) is 7.04. The lowest BCUT2D eigenvalue weighted by Crippen LogP contribution is -2.29. The largest absolute Gasteiger partial charge is 0.490 e. The molecule has 0 aliphatic carbocycles. The molecule has 23 heavy (non-hydrogen) atoms. The number of rotatable bonds is 6. The summed E-state index contributed by atoms with van der Waals surface area (Å²) in [6.45, 7) is 7.37. The average molecular weight is 313 g/mol. The zero-order chi connectivity index (χ0) is 16.8. The van der Waals surface area contributed by atoms with Crippen LogP contribution in [0.5, 0.6) is 5.75 Å². The quantitative estimate of drug-likeness (QED) is 0.575. The number of terminal acetylenes is 1. The predicted molar refractivity (Wildman–Crippen MR) is 88.9 cm³/mol. The van der Waals surface area contributed by atoms with Crippen molar-refractivity contribution in [2.24, 2.45) is 0 Å². The predicted octanol–water partition coefficient (Wildman–Crippen LogP) is 4.25. The van der Waals surface area contributed by atoms with Gasteiger partial charge in [-0.05, 0) is 42.0 Å². The smallest absolute Gasteiger partial charge is 0.256 e. The van der Waals surface area contributed by atoms with Crippen molar-refractivity contribution < 1.29 is 13.5 Å². The molecule has 0 unspecified atom stereocenters. The van der Waals surface area contributed by atoms with Gasteiger partial charge in [0.2, 0.25) is 0 Å². The second-order valence-electron chi connectivity index (χ2n) is 4.85. The molecule has 0 bridgehead atoms. The summed E-state index contributed by atoms with van der Waals surface area (Å²) in [7, 11) is 0. The molecule has 1 aliphatic heterocycles. The summed E-state index contributed by atoms with van der Waals surface area (Å²) in [5.41, 5.74) is 2.31. The Balaban J connectivity index is 2.32. The van der Waals surface area contributed by atoms with Gasteiger partial charge < -0.3 is 9.64 Å². The van der Waals surface area contributed by atoms with Gasteiger partial charge in [-0.15, -0.1) is 6.42 Å². The first-order valence-corrected chi connectivity index (χ1v) is 7.04. The van der Waals surface area contributed by atoms with Crippen LogP contribution in [0.2, 0.25) is 0 Å². The Morgan fingerprint density at radius 1 is 1.26 bits per heavy atom. The van der Waals surface area contributed by atoms with E-state index in [1.54, 1.807) is 30.4 Å². The van der Waals surface area contributed by atoms with Crippen molar-refractivity contribution in [3.05, 3.63) is 72.5 Å². The van der Waals surface area contributed by atoms with Crippen LogP contribution in [0.25, 0.3) is 5.70 Å². The first-order chi connectivity index (χ1) is 11.1. The second kappa shape index (κ2) is 7.46. The molecule has 0 atom stereocenters. The summed E-state index contributed by atoms with van der Waals surface area (Å²) in [6, 6.07) is 7.18. The van der Waals surface area contributed by atoms with Crippen LogP contribution in [0.4, 0.5) is 8.78 Å². The molecule has 2 rings (SSSR count). The Hall–Kier alpha value is -2.80. The van der Waals surface area contributed by atoms with E-state index < -0.39 is 13.0 Å². The molecule has 1 heterocycles. The molecule has 2 nitrogen and oxygen atoms in total. The van der Waals surface area contributed by atoms with Crippen LogP contribution in [0.15, 0.2) is 66.9 Å². The first kappa shape index (κ1) is 16.6. The van der Waals surface area contributed by atoms with E-state index in [2.05, 4.69) is 19.1 Å². The van der Waals surface area contributed by atoms with Crippen molar-refractivity contribution in [1.29, 1.82) is 0 Å². The fourth-order valence-corrected chi connectivity index (χ4v) is 2.25. The normalized spacial score (nSPS) is 14.2. The van der Waals surface area contributed by atoms with Gasteiger partial charge in [-0.1, -0.05) is 25.2 Å². The summed E-state index contributed by atoms with van der Waals surface area (Å²) in [4.78, 5) is 1.44. The van der Waals surface area contributed by atoms with Gasteiger partial charge in [0.25, 0.3) is 6.43 Å². The maximum absolute atomic E-state index is 12.9. The summed E-state index contributed by atoms with van der Waals surface area (Å²) in [5.74, 6) is 3.15. The highest BCUT2D eigenvalue weighted by atomic mass is 19.3. The minimum absolute atomic E-state index is 0.400. The van der Waals surface area contributed by atoms with E-state index in [0.29, 0.717) is 29.3 Å². The van der Waals surface area contributed by atoms with Crippen LogP contribution < -0.4 is 4.74 Å². The molecule has 0 saturated heterocycles. The maximum Gasteiger partial charge on any atom is 0.256 e. The van der Waals surface area contributed by atoms with Gasteiger partial charge in [-0.25, -0.2) is 8.78 Å². The second-order valence-corrected chi connectivity index (χ2v) is 4.85. The molecule has 1 aromatic rings. The fraction of sp³-hybridized carbons (Fsp3) is 0.158. The highest BCUT2D eigenvalue weighted by molar-refractivity contribution is 5.72. The molecular formula is C19H17F2NO. The third-order valence-corrected chi connectivity index (χ3v) is 3.33. The third kappa shape index (κ3) is 3.89. The standard InChI is InChI=1S/C19H17F2NO/c1-4-12-23-17-9-6-16(7-10-17)18-11-8-15(5-2)14(3)22(18)13-19(20)21/h2,4,6-11,19H,1,3,12-13H2. The van der Waals surface area contributed by atoms with Crippen LogP contribution in [0.1, 0.15) is 5.56 Å². The van der Waals surface area contributed by atoms with Gasteiger partial charge in [0.05, 0.1) is 6.54 Å². The van der Waals surface area contributed by atoms with E-state index in [0.717, 1.165) is 5.56 Å².